The Kier molecular flexibility index (Phi) is 6.02. The third-order valence-corrected chi connectivity index (χ3v) is 5.27. The van der Waals surface area contributed by atoms with Crippen LogP contribution >= 0.6 is 11.3 Å². The standard InChI is InChI=1S/C19H27N5O3S/c1-11-20-13(10-28-11)8-17(25)21-16-9-15(23-24-16)12-5-6-14(7-12)27-18(26)22-19(2,3)4/h9-10,12,14H,5-8H2,1-4H3,(H,22,26)(H2,21,23,24,25). The smallest absolute Gasteiger partial charge is 0.407 e. The third-order valence-electron chi connectivity index (χ3n) is 4.45. The second-order valence-corrected chi connectivity index (χ2v) is 9.27. The molecule has 2 unspecified atom stereocenters. The number of aryl methyl sites for hydroxylation is 1. The van der Waals surface area contributed by atoms with Crippen LogP contribution in [0.4, 0.5) is 10.6 Å². The molecular weight excluding hydrogens is 378 g/mol. The second kappa shape index (κ2) is 8.30. The van der Waals surface area contributed by atoms with E-state index in [4.69, 9.17) is 4.74 Å². The molecule has 2 aromatic rings. The molecule has 0 aromatic carbocycles. The predicted octanol–water partition coefficient (Wildman–Crippen LogP) is 3.52. The van der Waals surface area contributed by atoms with E-state index in [0.29, 0.717) is 5.82 Å². The van der Waals surface area contributed by atoms with Gasteiger partial charge in [0, 0.05) is 28.6 Å². The van der Waals surface area contributed by atoms with Gasteiger partial charge < -0.3 is 15.4 Å². The van der Waals surface area contributed by atoms with Crippen LogP contribution in [0, 0.1) is 6.92 Å². The normalized spacial score (nSPS) is 19.4. The van der Waals surface area contributed by atoms with Crippen molar-refractivity contribution < 1.29 is 14.3 Å². The molecule has 1 saturated carbocycles. The minimum atomic E-state index is -0.381. The van der Waals surface area contributed by atoms with Crippen LogP contribution < -0.4 is 10.6 Å². The summed E-state index contributed by atoms with van der Waals surface area (Å²) in [6.07, 6.45) is 2.20. The molecule has 3 rings (SSSR count). The summed E-state index contributed by atoms with van der Waals surface area (Å²) >= 11 is 1.53. The van der Waals surface area contributed by atoms with Crippen molar-refractivity contribution in [2.24, 2.45) is 0 Å². The molecule has 0 aliphatic heterocycles. The van der Waals surface area contributed by atoms with Crippen LogP contribution in [0.5, 0.6) is 0 Å². The fourth-order valence-electron chi connectivity index (χ4n) is 3.27. The Morgan fingerprint density at radius 3 is 2.82 bits per heavy atom. The van der Waals surface area contributed by atoms with Crippen molar-refractivity contribution >= 4 is 29.2 Å². The van der Waals surface area contributed by atoms with Crippen molar-refractivity contribution in [1.29, 1.82) is 0 Å². The maximum Gasteiger partial charge on any atom is 0.407 e. The summed E-state index contributed by atoms with van der Waals surface area (Å²) in [6.45, 7) is 7.67. The molecule has 0 radical (unpaired) electrons. The number of carbonyl (C=O) groups is 2. The molecule has 2 atom stereocenters. The fraction of sp³-hybridized carbons (Fsp3) is 0.579. The van der Waals surface area contributed by atoms with Crippen molar-refractivity contribution in [3.05, 3.63) is 27.8 Å². The number of anilines is 1. The quantitative estimate of drug-likeness (QED) is 0.705. The number of ether oxygens (including phenoxy) is 1. The number of thiazole rings is 1. The molecule has 152 valence electrons. The Hall–Kier alpha value is -2.42. The van der Waals surface area contributed by atoms with Crippen molar-refractivity contribution in [2.45, 2.75) is 70.9 Å². The van der Waals surface area contributed by atoms with Crippen LogP contribution in [0.1, 0.15) is 62.3 Å². The monoisotopic (exact) mass is 405 g/mol. The van der Waals surface area contributed by atoms with E-state index < -0.39 is 0 Å². The Morgan fingerprint density at radius 1 is 1.36 bits per heavy atom. The Labute approximate surface area is 168 Å². The molecule has 3 N–H and O–H groups in total. The zero-order chi connectivity index (χ0) is 20.3. The second-order valence-electron chi connectivity index (χ2n) is 8.20. The molecule has 0 saturated heterocycles. The van der Waals surface area contributed by atoms with Gasteiger partial charge in [-0.15, -0.1) is 11.3 Å². The first-order chi connectivity index (χ1) is 13.2. The first kappa shape index (κ1) is 20.3. The summed E-state index contributed by atoms with van der Waals surface area (Å²) in [5.74, 6) is 0.586. The molecular formula is C19H27N5O3S. The van der Waals surface area contributed by atoms with Crippen molar-refractivity contribution in [1.82, 2.24) is 20.5 Å². The van der Waals surface area contributed by atoms with Gasteiger partial charge in [-0.1, -0.05) is 0 Å². The molecule has 1 aliphatic carbocycles. The van der Waals surface area contributed by atoms with Gasteiger partial charge in [0.15, 0.2) is 5.82 Å². The first-order valence-electron chi connectivity index (χ1n) is 9.43. The van der Waals surface area contributed by atoms with E-state index in [2.05, 4.69) is 25.8 Å². The average molecular weight is 406 g/mol. The lowest BCUT2D eigenvalue weighted by atomic mass is 10.0. The molecule has 2 heterocycles. The maximum absolute atomic E-state index is 12.1. The molecule has 9 heteroatoms. The van der Waals surface area contributed by atoms with Crippen LogP contribution in [0.2, 0.25) is 0 Å². The lowest BCUT2D eigenvalue weighted by molar-refractivity contribution is -0.115. The maximum atomic E-state index is 12.1. The SMILES string of the molecule is Cc1nc(CC(=O)Nc2cc(C3CCC(OC(=O)NC(C)(C)C)C3)[nH]n2)cs1. The molecule has 1 fully saturated rings. The highest BCUT2D eigenvalue weighted by Crippen LogP contribution is 2.35. The number of alkyl carbamates (subject to hydrolysis) is 1. The molecule has 2 aromatic heterocycles. The number of nitrogens with one attached hydrogen (secondary N) is 3. The number of nitrogens with zero attached hydrogens (tertiary/aromatic N) is 2. The van der Waals surface area contributed by atoms with Gasteiger partial charge >= 0.3 is 6.09 Å². The van der Waals surface area contributed by atoms with Gasteiger partial charge in [0.25, 0.3) is 0 Å². The number of carbonyl (C=O) groups excluding carboxylic acids is 2. The summed E-state index contributed by atoms with van der Waals surface area (Å²) < 4.78 is 5.52. The number of hydrogen-bond donors (Lipinski definition) is 3. The van der Waals surface area contributed by atoms with E-state index in [1.54, 1.807) is 0 Å². The summed E-state index contributed by atoms with van der Waals surface area (Å²) in [4.78, 5) is 28.4. The lowest BCUT2D eigenvalue weighted by Crippen LogP contribution is -2.42. The number of aromatic nitrogens is 3. The zero-order valence-electron chi connectivity index (χ0n) is 16.7. The third kappa shape index (κ3) is 5.79. The molecule has 1 aliphatic rings. The summed E-state index contributed by atoms with van der Waals surface area (Å²) in [6, 6.07) is 1.85. The minimum absolute atomic E-state index is 0.110. The van der Waals surface area contributed by atoms with Gasteiger partial charge in [-0.3, -0.25) is 9.89 Å². The van der Waals surface area contributed by atoms with Gasteiger partial charge in [0.2, 0.25) is 5.91 Å². The van der Waals surface area contributed by atoms with E-state index in [1.807, 2.05) is 39.1 Å². The van der Waals surface area contributed by atoms with E-state index in [0.717, 1.165) is 35.7 Å². The summed E-state index contributed by atoms with van der Waals surface area (Å²) in [7, 11) is 0. The van der Waals surface area contributed by atoms with Gasteiger partial charge in [0.1, 0.15) is 6.10 Å². The Bertz CT molecular complexity index is 839. The lowest BCUT2D eigenvalue weighted by Gasteiger charge is -2.22. The zero-order valence-corrected chi connectivity index (χ0v) is 17.5. The predicted molar refractivity (Wildman–Crippen MR) is 108 cm³/mol. The number of hydrogen-bond acceptors (Lipinski definition) is 6. The van der Waals surface area contributed by atoms with Crippen LogP contribution in [0.3, 0.4) is 0 Å². The number of rotatable bonds is 5. The molecule has 28 heavy (non-hydrogen) atoms. The van der Waals surface area contributed by atoms with Crippen LogP contribution in [0.15, 0.2) is 11.4 Å². The topological polar surface area (TPSA) is 109 Å². The molecule has 0 bridgehead atoms. The highest BCUT2D eigenvalue weighted by atomic mass is 32.1. The van der Waals surface area contributed by atoms with Gasteiger partial charge in [-0.25, -0.2) is 9.78 Å². The Morgan fingerprint density at radius 2 is 2.14 bits per heavy atom. The van der Waals surface area contributed by atoms with Gasteiger partial charge in [0.05, 0.1) is 17.1 Å². The van der Waals surface area contributed by atoms with Crippen LogP contribution in [-0.2, 0) is 16.0 Å². The van der Waals surface area contributed by atoms with E-state index in [1.165, 1.54) is 11.3 Å². The van der Waals surface area contributed by atoms with Crippen LogP contribution in [-0.4, -0.2) is 38.8 Å². The van der Waals surface area contributed by atoms with Gasteiger partial charge in [-0.05, 0) is 47.0 Å². The number of H-pyrrole nitrogens is 1. The fourth-order valence-corrected chi connectivity index (χ4v) is 3.88. The molecule has 0 spiro atoms. The molecule has 2 amide bonds. The largest absolute Gasteiger partial charge is 0.446 e. The van der Waals surface area contributed by atoms with Crippen LogP contribution in [0.25, 0.3) is 0 Å². The number of amides is 2. The van der Waals surface area contributed by atoms with E-state index >= 15 is 0 Å². The van der Waals surface area contributed by atoms with Gasteiger partial charge in [-0.2, -0.15) is 5.10 Å². The van der Waals surface area contributed by atoms with Crippen molar-refractivity contribution in [2.75, 3.05) is 5.32 Å². The van der Waals surface area contributed by atoms with Crippen molar-refractivity contribution in [3.8, 4) is 0 Å². The first-order valence-corrected chi connectivity index (χ1v) is 10.3. The van der Waals surface area contributed by atoms with Crippen molar-refractivity contribution in [3.63, 3.8) is 0 Å². The average Bonchev–Trinajstić information content (AvgIpc) is 3.27. The minimum Gasteiger partial charge on any atom is -0.446 e. The number of aromatic amines is 1. The summed E-state index contributed by atoms with van der Waals surface area (Å²) in [5.41, 5.74) is 1.39. The molecule has 8 nitrogen and oxygen atoms in total. The Balaban J connectivity index is 1.49. The highest BCUT2D eigenvalue weighted by molar-refractivity contribution is 7.09. The van der Waals surface area contributed by atoms with E-state index in [-0.39, 0.29) is 36.0 Å². The van der Waals surface area contributed by atoms with E-state index in [9.17, 15) is 9.59 Å². The summed E-state index contributed by atoms with van der Waals surface area (Å²) in [5, 5.41) is 15.6. The highest BCUT2D eigenvalue weighted by Gasteiger charge is 2.30.